The van der Waals surface area contributed by atoms with Crippen LogP contribution in [0.4, 0.5) is 19.6 Å². The highest BCUT2D eigenvalue weighted by Gasteiger charge is 2.07. The molecule has 2 aromatic carbocycles. The van der Waals surface area contributed by atoms with Gasteiger partial charge in [-0.15, -0.1) is 0 Å². The molecule has 0 saturated heterocycles. The Bertz CT molecular complexity index is 770. The van der Waals surface area contributed by atoms with E-state index in [4.69, 9.17) is 5.73 Å². The molecule has 0 aliphatic heterocycles. The van der Waals surface area contributed by atoms with Gasteiger partial charge < -0.3 is 11.1 Å². The Morgan fingerprint density at radius 2 is 2.00 bits per heavy atom. The van der Waals surface area contributed by atoms with E-state index >= 15 is 0 Å². The summed E-state index contributed by atoms with van der Waals surface area (Å²) in [4.78, 5) is 4.36. The first-order valence-electron chi connectivity index (χ1n) is 5.96. The van der Waals surface area contributed by atoms with E-state index in [0.717, 1.165) is 22.3 Å². The lowest BCUT2D eigenvalue weighted by atomic mass is 10.2. The van der Waals surface area contributed by atoms with Gasteiger partial charge in [0.2, 0.25) is 0 Å². The Hall–Kier alpha value is -2.21. The average Bonchev–Trinajstić information content (AvgIpc) is 2.81. The van der Waals surface area contributed by atoms with E-state index in [1.54, 1.807) is 6.07 Å². The van der Waals surface area contributed by atoms with Crippen LogP contribution in [0.1, 0.15) is 5.56 Å². The lowest BCUT2D eigenvalue weighted by molar-refractivity contribution is 0.587. The normalized spacial score (nSPS) is 10.9. The van der Waals surface area contributed by atoms with Gasteiger partial charge in [0, 0.05) is 17.8 Å². The van der Waals surface area contributed by atoms with Gasteiger partial charge in [0.15, 0.2) is 5.13 Å². The minimum absolute atomic E-state index is 0.179. The van der Waals surface area contributed by atoms with Crippen LogP contribution < -0.4 is 11.1 Å². The molecule has 3 aromatic rings. The van der Waals surface area contributed by atoms with Crippen LogP contribution in [-0.4, -0.2) is 4.98 Å². The van der Waals surface area contributed by atoms with Crippen molar-refractivity contribution in [3.05, 3.63) is 53.6 Å². The molecule has 0 saturated carbocycles. The summed E-state index contributed by atoms with van der Waals surface area (Å²) in [6.07, 6.45) is 0. The number of anilines is 2. The van der Waals surface area contributed by atoms with Crippen molar-refractivity contribution in [2.75, 3.05) is 11.1 Å². The van der Waals surface area contributed by atoms with Gasteiger partial charge in [-0.25, -0.2) is 13.8 Å². The predicted octanol–water partition coefficient (Wildman–Crippen LogP) is 3.77. The Morgan fingerprint density at radius 1 is 1.15 bits per heavy atom. The number of nitrogens with zero attached hydrogens (tertiary/aromatic N) is 1. The molecule has 102 valence electrons. The number of hydrogen-bond acceptors (Lipinski definition) is 4. The number of fused-ring (bicyclic) bond motifs is 1. The predicted molar refractivity (Wildman–Crippen MR) is 77.7 cm³/mol. The smallest absolute Gasteiger partial charge is 0.184 e. The molecule has 20 heavy (non-hydrogen) atoms. The van der Waals surface area contributed by atoms with E-state index in [-0.39, 0.29) is 12.1 Å². The lowest BCUT2D eigenvalue weighted by Crippen LogP contribution is -2.01. The zero-order valence-corrected chi connectivity index (χ0v) is 11.2. The largest absolute Gasteiger partial charge is 0.399 e. The maximum atomic E-state index is 13.5. The summed E-state index contributed by atoms with van der Waals surface area (Å²) in [6.45, 7) is 0.179. The number of hydrogen-bond donors (Lipinski definition) is 2. The summed E-state index contributed by atoms with van der Waals surface area (Å²) < 4.78 is 27.5. The molecule has 0 atom stereocenters. The molecule has 0 spiro atoms. The summed E-state index contributed by atoms with van der Waals surface area (Å²) in [6, 6.07) is 8.83. The quantitative estimate of drug-likeness (QED) is 0.722. The number of thiazole rings is 1. The van der Waals surface area contributed by atoms with Crippen molar-refractivity contribution in [1.82, 2.24) is 4.98 Å². The third-order valence-electron chi connectivity index (χ3n) is 2.85. The SMILES string of the molecule is Nc1ccc2nc(NCc3cc(F)ccc3F)sc2c1. The van der Waals surface area contributed by atoms with E-state index in [0.29, 0.717) is 10.8 Å². The third kappa shape index (κ3) is 2.55. The van der Waals surface area contributed by atoms with Gasteiger partial charge in [-0.2, -0.15) is 0 Å². The van der Waals surface area contributed by atoms with Gasteiger partial charge in [0.05, 0.1) is 10.2 Å². The Morgan fingerprint density at radius 3 is 2.85 bits per heavy atom. The number of halogens is 2. The van der Waals surface area contributed by atoms with Crippen LogP contribution in [0, 0.1) is 11.6 Å². The third-order valence-corrected chi connectivity index (χ3v) is 3.83. The van der Waals surface area contributed by atoms with E-state index in [1.165, 1.54) is 17.4 Å². The van der Waals surface area contributed by atoms with Crippen LogP contribution in [0.3, 0.4) is 0 Å². The molecule has 0 unspecified atom stereocenters. The zero-order chi connectivity index (χ0) is 14.1. The van der Waals surface area contributed by atoms with Crippen LogP contribution in [0.2, 0.25) is 0 Å². The molecule has 6 heteroatoms. The first-order chi connectivity index (χ1) is 9.61. The van der Waals surface area contributed by atoms with Gasteiger partial charge in [0.25, 0.3) is 0 Å². The van der Waals surface area contributed by atoms with E-state index in [2.05, 4.69) is 10.3 Å². The fraction of sp³-hybridized carbons (Fsp3) is 0.0714. The molecule has 0 amide bonds. The lowest BCUT2D eigenvalue weighted by Gasteiger charge is -2.04. The second-order valence-corrected chi connectivity index (χ2v) is 5.37. The van der Waals surface area contributed by atoms with Gasteiger partial charge in [-0.3, -0.25) is 0 Å². The zero-order valence-electron chi connectivity index (χ0n) is 10.4. The highest BCUT2D eigenvalue weighted by Crippen LogP contribution is 2.27. The van der Waals surface area contributed by atoms with Crippen LogP contribution >= 0.6 is 11.3 Å². The summed E-state index contributed by atoms with van der Waals surface area (Å²) in [5.41, 5.74) is 7.46. The first-order valence-corrected chi connectivity index (χ1v) is 6.77. The minimum Gasteiger partial charge on any atom is -0.399 e. The average molecular weight is 291 g/mol. The monoisotopic (exact) mass is 291 g/mol. The second kappa shape index (κ2) is 5.05. The summed E-state index contributed by atoms with van der Waals surface area (Å²) in [7, 11) is 0. The van der Waals surface area contributed by atoms with Crippen molar-refractivity contribution < 1.29 is 8.78 Å². The maximum Gasteiger partial charge on any atom is 0.184 e. The molecule has 3 rings (SSSR count). The number of benzene rings is 2. The first kappa shape index (κ1) is 12.8. The number of nitrogens with one attached hydrogen (secondary N) is 1. The van der Waals surface area contributed by atoms with Crippen molar-refractivity contribution in [2.45, 2.75) is 6.54 Å². The molecule has 0 fully saturated rings. The molecular formula is C14H11F2N3S. The van der Waals surface area contributed by atoms with Gasteiger partial charge in [-0.1, -0.05) is 11.3 Å². The van der Waals surface area contributed by atoms with Gasteiger partial charge in [-0.05, 0) is 36.4 Å². The van der Waals surface area contributed by atoms with Crippen molar-refractivity contribution >= 4 is 32.4 Å². The van der Waals surface area contributed by atoms with Gasteiger partial charge in [0.1, 0.15) is 11.6 Å². The summed E-state index contributed by atoms with van der Waals surface area (Å²) in [5.74, 6) is -0.899. The Kier molecular flexibility index (Phi) is 3.23. The fourth-order valence-electron chi connectivity index (χ4n) is 1.87. The fourth-order valence-corrected chi connectivity index (χ4v) is 2.78. The molecule has 1 heterocycles. The van der Waals surface area contributed by atoms with Gasteiger partial charge >= 0.3 is 0 Å². The molecule has 3 nitrogen and oxygen atoms in total. The van der Waals surface area contributed by atoms with Crippen LogP contribution in [0.15, 0.2) is 36.4 Å². The minimum atomic E-state index is -0.458. The molecule has 0 aliphatic rings. The number of nitrogen functional groups attached to an aromatic ring is 1. The van der Waals surface area contributed by atoms with Crippen molar-refractivity contribution in [3.8, 4) is 0 Å². The van der Waals surface area contributed by atoms with E-state index in [9.17, 15) is 8.78 Å². The molecular weight excluding hydrogens is 280 g/mol. The molecule has 0 radical (unpaired) electrons. The van der Waals surface area contributed by atoms with Crippen LogP contribution in [-0.2, 0) is 6.54 Å². The topological polar surface area (TPSA) is 50.9 Å². The molecule has 0 aliphatic carbocycles. The second-order valence-electron chi connectivity index (χ2n) is 4.34. The molecule has 0 bridgehead atoms. The van der Waals surface area contributed by atoms with Crippen molar-refractivity contribution in [1.29, 1.82) is 0 Å². The highest BCUT2D eigenvalue weighted by molar-refractivity contribution is 7.22. The Balaban J connectivity index is 1.81. The Labute approximate surface area is 118 Å². The maximum absolute atomic E-state index is 13.5. The number of aromatic nitrogens is 1. The van der Waals surface area contributed by atoms with Crippen molar-refractivity contribution in [3.63, 3.8) is 0 Å². The summed E-state index contributed by atoms with van der Waals surface area (Å²) in [5, 5.41) is 3.65. The standard InChI is InChI=1S/C14H11F2N3S/c15-9-1-3-11(16)8(5-9)7-18-14-19-12-4-2-10(17)6-13(12)20-14/h1-6H,7,17H2,(H,18,19). The molecule has 3 N–H and O–H groups in total. The number of nitrogens with two attached hydrogens (primary N) is 1. The van der Waals surface area contributed by atoms with E-state index in [1.807, 2.05) is 12.1 Å². The highest BCUT2D eigenvalue weighted by atomic mass is 32.1. The molecule has 1 aromatic heterocycles. The number of rotatable bonds is 3. The van der Waals surface area contributed by atoms with Crippen molar-refractivity contribution in [2.24, 2.45) is 0 Å². The summed E-state index contributed by atoms with van der Waals surface area (Å²) >= 11 is 1.42. The van der Waals surface area contributed by atoms with Crippen LogP contribution in [0.25, 0.3) is 10.2 Å². The van der Waals surface area contributed by atoms with Crippen LogP contribution in [0.5, 0.6) is 0 Å². The van der Waals surface area contributed by atoms with E-state index < -0.39 is 11.6 Å².